The second-order valence-corrected chi connectivity index (χ2v) is 5.93. The summed E-state index contributed by atoms with van der Waals surface area (Å²) in [4.78, 5) is 16.3. The maximum Gasteiger partial charge on any atom is 0.417 e. The maximum atomic E-state index is 13.1. The van der Waals surface area contributed by atoms with Gasteiger partial charge in [0.05, 0.1) is 16.8 Å². The number of nitrogens with one attached hydrogen (secondary N) is 1. The van der Waals surface area contributed by atoms with Crippen LogP contribution in [0.4, 0.5) is 18.9 Å². The van der Waals surface area contributed by atoms with Crippen molar-refractivity contribution in [3.63, 3.8) is 0 Å². The number of carbonyl (C=O) groups is 1. The number of nitrogens with zero attached hydrogens (tertiary/aromatic N) is 1. The molecular formula is C17H10BrF3N2O. The maximum absolute atomic E-state index is 13.1. The van der Waals surface area contributed by atoms with Crippen molar-refractivity contribution >= 4 is 38.4 Å². The number of amides is 1. The van der Waals surface area contributed by atoms with Gasteiger partial charge in [0.1, 0.15) is 0 Å². The Morgan fingerprint density at radius 1 is 1.04 bits per heavy atom. The first kappa shape index (κ1) is 16.4. The Labute approximate surface area is 143 Å². The molecule has 1 heterocycles. The summed E-state index contributed by atoms with van der Waals surface area (Å²) in [5.74, 6) is -0.422. The SMILES string of the molecule is O=C(Nc1ccc(C(F)(F)F)c2cccnc12)c1ccc(Br)cc1. The van der Waals surface area contributed by atoms with Gasteiger partial charge in [-0.3, -0.25) is 9.78 Å². The molecule has 0 bridgehead atoms. The van der Waals surface area contributed by atoms with Gasteiger partial charge >= 0.3 is 6.18 Å². The highest BCUT2D eigenvalue weighted by molar-refractivity contribution is 9.10. The molecule has 24 heavy (non-hydrogen) atoms. The number of aromatic nitrogens is 1. The third kappa shape index (κ3) is 3.26. The Bertz CT molecular complexity index is 908. The molecule has 3 rings (SSSR count). The van der Waals surface area contributed by atoms with Gasteiger partial charge < -0.3 is 5.32 Å². The number of halogens is 4. The fraction of sp³-hybridized carbons (Fsp3) is 0.0588. The molecule has 0 aliphatic rings. The minimum atomic E-state index is -4.49. The summed E-state index contributed by atoms with van der Waals surface area (Å²) < 4.78 is 40.1. The summed E-state index contributed by atoms with van der Waals surface area (Å²) in [7, 11) is 0. The van der Waals surface area contributed by atoms with E-state index in [1.54, 1.807) is 24.3 Å². The number of anilines is 1. The van der Waals surface area contributed by atoms with Crippen LogP contribution in [0.3, 0.4) is 0 Å². The Morgan fingerprint density at radius 3 is 2.42 bits per heavy atom. The molecule has 0 unspecified atom stereocenters. The zero-order valence-electron chi connectivity index (χ0n) is 12.1. The van der Waals surface area contributed by atoms with Crippen LogP contribution >= 0.6 is 15.9 Å². The van der Waals surface area contributed by atoms with Gasteiger partial charge in [-0.25, -0.2) is 0 Å². The van der Waals surface area contributed by atoms with E-state index in [-0.39, 0.29) is 16.6 Å². The minimum Gasteiger partial charge on any atom is -0.320 e. The summed E-state index contributed by atoms with van der Waals surface area (Å²) in [6.07, 6.45) is -3.10. The lowest BCUT2D eigenvalue weighted by Crippen LogP contribution is -2.13. The number of fused-ring (bicyclic) bond motifs is 1. The van der Waals surface area contributed by atoms with Crippen LogP contribution in [0.1, 0.15) is 15.9 Å². The van der Waals surface area contributed by atoms with Gasteiger partial charge in [0.2, 0.25) is 0 Å². The van der Waals surface area contributed by atoms with Gasteiger partial charge in [-0.05, 0) is 42.5 Å². The van der Waals surface area contributed by atoms with Crippen LogP contribution in [-0.4, -0.2) is 10.9 Å². The van der Waals surface area contributed by atoms with Gasteiger partial charge in [0, 0.05) is 21.6 Å². The molecule has 0 spiro atoms. The van der Waals surface area contributed by atoms with E-state index in [9.17, 15) is 18.0 Å². The van der Waals surface area contributed by atoms with Crippen molar-refractivity contribution in [3.05, 3.63) is 70.3 Å². The molecule has 0 aliphatic carbocycles. The van der Waals surface area contributed by atoms with Gasteiger partial charge in [-0.2, -0.15) is 13.2 Å². The van der Waals surface area contributed by atoms with E-state index in [2.05, 4.69) is 26.2 Å². The Balaban J connectivity index is 2.02. The first-order chi connectivity index (χ1) is 11.4. The molecule has 0 fully saturated rings. The van der Waals surface area contributed by atoms with E-state index in [0.29, 0.717) is 5.56 Å². The molecule has 2 aromatic carbocycles. The van der Waals surface area contributed by atoms with Crippen LogP contribution < -0.4 is 5.32 Å². The standard InChI is InChI=1S/C17H10BrF3N2O/c18-11-5-3-10(4-6-11)16(24)23-14-8-7-13(17(19,20)21)12-2-1-9-22-15(12)14/h1-9H,(H,23,24). The fourth-order valence-corrected chi connectivity index (χ4v) is 2.58. The van der Waals surface area contributed by atoms with Gasteiger partial charge in [0.15, 0.2) is 0 Å². The predicted molar refractivity (Wildman–Crippen MR) is 88.8 cm³/mol. The predicted octanol–water partition coefficient (Wildman–Crippen LogP) is 5.27. The number of benzene rings is 2. The van der Waals surface area contributed by atoms with Crippen molar-refractivity contribution in [2.24, 2.45) is 0 Å². The van der Waals surface area contributed by atoms with Gasteiger partial charge in [-0.1, -0.05) is 22.0 Å². The van der Waals surface area contributed by atoms with E-state index in [1.807, 2.05) is 0 Å². The molecule has 3 aromatic rings. The quantitative estimate of drug-likeness (QED) is 0.643. The van der Waals surface area contributed by atoms with Gasteiger partial charge in [0.25, 0.3) is 5.91 Å². The van der Waals surface area contributed by atoms with Gasteiger partial charge in [-0.15, -0.1) is 0 Å². The van der Waals surface area contributed by atoms with Crippen LogP contribution in [0.15, 0.2) is 59.2 Å². The lowest BCUT2D eigenvalue weighted by atomic mass is 10.1. The van der Waals surface area contributed by atoms with Crippen molar-refractivity contribution in [1.82, 2.24) is 4.98 Å². The molecule has 0 atom stereocenters. The molecule has 1 aromatic heterocycles. The molecular weight excluding hydrogens is 385 g/mol. The summed E-state index contributed by atoms with van der Waals surface area (Å²) in [5.41, 5.74) is -0.0706. The molecule has 0 saturated carbocycles. The molecule has 1 amide bonds. The minimum absolute atomic E-state index is 0.0568. The number of alkyl halides is 3. The third-order valence-electron chi connectivity index (χ3n) is 3.43. The van der Waals surface area contributed by atoms with Crippen LogP contribution in [-0.2, 0) is 6.18 Å². The smallest absolute Gasteiger partial charge is 0.320 e. The molecule has 0 aliphatic heterocycles. The number of hydrogen-bond acceptors (Lipinski definition) is 2. The van der Waals surface area contributed by atoms with Crippen molar-refractivity contribution in [2.75, 3.05) is 5.32 Å². The number of rotatable bonds is 2. The van der Waals surface area contributed by atoms with E-state index in [4.69, 9.17) is 0 Å². The molecule has 0 radical (unpaired) electrons. The zero-order valence-corrected chi connectivity index (χ0v) is 13.6. The summed E-state index contributed by atoms with van der Waals surface area (Å²) in [6, 6.07) is 11.6. The summed E-state index contributed by atoms with van der Waals surface area (Å²) in [6.45, 7) is 0. The van der Waals surface area contributed by atoms with Crippen LogP contribution in [0.2, 0.25) is 0 Å². The first-order valence-corrected chi connectivity index (χ1v) is 7.67. The van der Waals surface area contributed by atoms with Crippen molar-refractivity contribution in [2.45, 2.75) is 6.18 Å². The molecule has 0 saturated heterocycles. The highest BCUT2D eigenvalue weighted by Gasteiger charge is 2.33. The highest BCUT2D eigenvalue weighted by Crippen LogP contribution is 2.36. The molecule has 122 valence electrons. The van der Waals surface area contributed by atoms with E-state index in [1.165, 1.54) is 24.4 Å². The van der Waals surface area contributed by atoms with E-state index >= 15 is 0 Å². The van der Waals surface area contributed by atoms with Crippen molar-refractivity contribution in [3.8, 4) is 0 Å². The number of pyridine rings is 1. The normalized spacial score (nSPS) is 11.5. The highest BCUT2D eigenvalue weighted by atomic mass is 79.9. The molecule has 3 nitrogen and oxygen atoms in total. The van der Waals surface area contributed by atoms with Crippen molar-refractivity contribution in [1.29, 1.82) is 0 Å². The summed E-state index contributed by atoms with van der Waals surface area (Å²) in [5, 5.41) is 2.56. The van der Waals surface area contributed by atoms with E-state index in [0.717, 1.165) is 10.5 Å². The Morgan fingerprint density at radius 2 is 1.75 bits per heavy atom. The number of carbonyl (C=O) groups excluding carboxylic acids is 1. The lowest BCUT2D eigenvalue weighted by Gasteiger charge is -2.13. The zero-order chi connectivity index (χ0) is 17.3. The second kappa shape index (κ2) is 6.24. The van der Waals surface area contributed by atoms with Crippen LogP contribution in [0.25, 0.3) is 10.9 Å². The monoisotopic (exact) mass is 394 g/mol. The lowest BCUT2D eigenvalue weighted by molar-refractivity contribution is -0.136. The second-order valence-electron chi connectivity index (χ2n) is 5.02. The summed E-state index contributed by atoms with van der Waals surface area (Å²) >= 11 is 3.27. The average molecular weight is 395 g/mol. The number of hydrogen-bond donors (Lipinski definition) is 1. The average Bonchev–Trinajstić information content (AvgIpc) is 2.54. The van der Waals surface area contributed by atoms with Crippen LogP contribution in [0.5, 0.6) is 0 Å². The Kier molecular flexibility index (Phi) is 4.28. The first-order valence-electron chi connectivity index (χ1n) is 6.88. The largest absolute Gasteiger partial charge is 0.417 e. The topological polar surface area (TPSA) is 42.0 Å². The molecule has 1 N–H and O–H groups in total. The fourth-order valence-electron chi connectivity index (χ4n) is 2.32. The van der Waals surface area contributed by atoms with E-state index < -0.39 is 17.6 Å². The van der Waals surface area contributed by atoms with Crippen LogP contribution in [0, 0.1) is 0 Å². The Hall–Kier alpha value is -2.41. The molecule has 7 heteroatoms. The van der Waals surface area contributed by atoms with Crippen molar-refractivity contribution < 1.29 is 18.0 Å². The third-order valence-corrected chi connectivity index (χ3v) is 3.96.